The molecule has 1 fully saturated rings. The largest absolute Gasteiger partial charge is 0.491 e. The quantitative estimate of drug-likeness (QED) is 0.664. The summed E-state index contributed by atoms with van der Waals surface area (Å²) in [6, 6.07) is 9.66. The fraction of sp³-hybridized carbons (Fsp3) is 0.263. The molecule has 1 N–H and O–H groups in total. The number of hydrogen-bond donors (Lipinski definition) is 1. The van der Waals surface area contributed by atoms with Crippen LogP contribution < -0.4 is 15.0 Å². The highest BCUT2D eigenvalue weighted by Gasteiger charge is 2.14. The summed E-state index contributed by atoms with van der Waals surface area (Å²) in [7, 11) is 1.59. The van der Waals surface area contributed by atoms with Crippen molar-refractivity contribution in [2.75, 3.05) is 30.4 Å². The summed E-state index contributed by atoms with van der Waals surface area (Å²) in [5, 5.41) is 3.22. The number of rotatable bonds is 5. The van der Waals surface area contributed by atoms with E-state index in [1.54, 1.807) is 19.5 Å². The molecule has 3 aromatic rings. The van der Waals surface area contributed by atoms with Crippen LogP contribution in [0.4, 0.5) is 17.3 Å². The van der Waals surface area contributed by atoms with Crippen molar-refractivity contribution in [3.63, 3.8) is 0 Å². The predicted molar refractivity (Wildman–Crippen MR) is 115 cm³/mol. The highest BCUT2D eigenvalue weighted by molar-refractivity contribution is 5.85. The normalized spacial score (nSPS) is 12.7. The zero-order valence-electron chi connectivity index (χ0n) is 15.4. The molecule has 0 saturated carbocycles. The summed E-state index contributed by atoms with van der Waals surface area (Å²) in [6.45, 7) is 2.20. The Morgan fingerprint density at radius 2 is 1.79 bits per heavy atom. The standard InChI is InChI=1S/C19H20N6O.2ClH/c1-26-16-13-22-18(15-6-2-3-9-20-15)24-19(16)23-17-8-7-14(12-21-17)25-10-4-5-11-25;;/h2-3,6-9,12-13H,4-5,10-11H2,1H3,(H,21,22,23,24);2*1H. The van der Waals surface area contributed by atoms with E-state index in [0.717, 1.165) is 18.8 Å². The summed E-state index contributed by atoms with van der Waals surface area (Å²) >= 11 is 0. The smallest absolute Gasteiger partial charge is 0.180 e. The molecule has 9 heteroatoms. The third-order valence-corrected chi connectivity index (χ3v) is 4.33. The first-order valence-corrected chi connectivity index (χ1v) is 8.64. The van der Waals surface area contributed by atoms with E-state index in [4.69, 9.17) is 4.74 Å². The second kappa shape index (κ2) is 10.1. The van der Waals surface area contributed by atoms with Gasteiger partial charge in [-0.2, -0.15) is 0 Å². The number of anilines is 3. The highest BCUT2D eigenvalue weighted by Crippen LogP contribution is 2.27. The van der Waals surface area contributed by atoms with Crippen molar-refractivity contribution in [3.05, 3.63) is 48.9 Å². The molecule has 7 nitrogen and oxygen atoms in total. The molecule has 3 aromatic heterocycles. The summed E-state index contributed by atoms with van der Waals surface area (Å²) in [5.74, 6) is 2.35. The van der Waals surface area contributed by atoms with Crippen molar-refractivity contribution in [3.8, 4) is 17.3 Å². The van der Waals surface area contributed by atoms with Crippen LogP contribution in [0.25, 0.3) is 11.5 Å². The van der Waals surface area contributed by atoms with Crippen LogP contribution >= 0.6 is 24.8 Å². The van der Waals surface area contributed by atoms with Gasteiger partial charge in [-0.25, -0.2) is 15.0 Å². The van der Waals surface area contributed by atoms with Gasteiger partial charge < -0.3 is 15.0 Å². The molecule has 0 spiro atoms. The highest BCUT2D eigenvalue weighted by atomic mass is 35.5. The van der Waals surface area contributed by atoms with E-state index in [2.05, 4.69) is 36.2 Å². The van der Waals surface area contributed by atoms with E-state index in [1.165, 1.54) is 12.8 Å². The minimum atomic E-state index is 0. The van der Waals surface area contributed by atoms with Crippen LogP contribution in [-0.2, 0) is 0 Å². The van der Waals surface area contributed by atoms with Gasteiger partial charge in [-0.15, -0.1) is 24.8 Å². The van der Waals surface area contributed by atoms with Gasteiger partial charge in [0.15, 0.2) is 17.4 Å². The third kappa shape index (κ3) is 4.79. The average molecular weight is 421 g/mol. The minimum Gasteiger partial charge on any atom is -0.491 e. The Hall–Kier alpha value is -2.64. The maximum absolute atomic E-state index is 5.37. The number of halogens is 2. The van der Waals surface area contributed by atoms with Crippen molar-refractivity contribution < 1.29 is 4.74 Å². The van der Waals surface area contributed by atoms with Gasteiger partial charge in [-0.3, -0.25) is 4.98 Å². The molecule has 0 amide bonds. The number of methoxy groups -OCH3 is 1. The summed E-state index contributed by atoms with van der Waals surface area (Å²) in [5.41, 5.74) is 1.85. The van der Waals surface area contributed by atoms with Crippen molar-refractivity contribution in [1.82, 2.24) is 19.9 Å². The lowest BCUT2D eigenvalue weighted by atomic mass is 10.3. The number of aromatic nitrogens is 4. The van der Waals surface area contributed by atoms with Crippen LogP contribution in [0.2, 0.25) is 0 Å². The zero-order valence-corrected chi connectivity index (χ0v) is 17.0. The Morgan fingerprint density at radius 1 is 0.964 bits per heavy atom. The first-order chi connectivity index (χ1) is 12.8. The van der Waals surface area contributed by atoms with Crippen LogP contribution in [0.3, 0.4) is 0 Å². The van der Waals surface area contributed by atoms with Crippen LogP contribution in [0.1, 0.15) is 12.8 Å². The van der Waals surface area contributed by atoms with Gasteiger partial charge in [-0.1, -0.05) is 6.07 Å². The van der Waals surface area contributed by atoms with Crippen molar-refractivity contribution in [2.24, 2.45) is 0 Å². The third-order valence-electron chi connectivity index (χ3n) is 4.33. The zero-order chi connectivity index (χ0) is 17.8. The molecule has 0 unspecified atom stereocenters. The fourth-order valence-corrected chi connectivity index (χ4v) is 2.97. The summed E-state index contributed by atoms with van der Waals surface area (Å²) < 4.78 is 5.37. The molecule has 0 aliphatic carbocycles. The first-order valence-electron chi connectivity index (χ1n) is 8.64. The number of nitrogens with zero attached hydrogens (tertiary/aromatic N) is 5. The van der Waals surface area contributed by atoms with Gasteiger partial charge >= 0.3 is 0 Å². The molecule has 28 heavy (non-hydrogen) atoms. The number of ether oxygens (including phenoxy) is 1. The molecule has 1 aliphatic heterocycles. The lowest BCUT2D eigenvalue weighted by Gasteiger charge is -2.17. The van der Waals surface area contributed by atoms with Gasteiger partial charge in [0, 0.05) is 19.3 Å². The van der Waals surface area contributed by atoms with Crippen molar-refractivity contribution in [2.45, 2.75) is 12.8 Å². The predicted octanol–water partition coefficient (Wildman–Crippen LogP) is 4.13. The first kappa shape index (κ1) is 21.7. The molecule has 0 atom stereocenters. The summed E-state index contributed by atoms with van der Waals surface area (Å²) in [6.07, 6.45) is 7.73. The van der Waals surface area contributed by atoms with Crippen molar-refractivity contribution >= 4 is 42.1 Å². The van der Waals surface area contributed by atoms with E-state index < -0.39 is 0 Å². The van der Waals surface area contributed by atoms with Crippen LogP contribution in [0, 0.1) is 0 Å². The lowest BCUT2D eigenvalue weighted by molar-refractivity contribution is 0.413. The SMILES string of the molecule is COc1cnc(-c2ccccn2)nc1Nc1ccc(N2CCCC2)cn1.Cl.Cl. The summed E-state index contributed by atoms with van der Waals surface area (Å²) in [4.78, 5) is 20.0. The van der Waals surface area contributed by atoms with E-state index in [1.807, 2.05) is 30.5 Å². The van der Waals surface area contributed by atoms with Gasteiger partial charge in [0.1, 0.15) is 11.5 Å². The van der Waals surface area contributed by atoms with Crippen molar-refractivity contribution in [1.29, 1.82) is 0 Å². The van der Waals surface area contributed by atoms with E-state index in [9.17, 15) is 0 Å². The lowest BCUT2D eigenvalue weighted by Crippen LogP contribution is -2.17. The van der Waals surface area contributed by atoms with Gasteiger partial charge in [-0.05, 0) is 37.1 Å². The molecule has 1 aliphatic rings. The Balaban J connectivity index is 0.00000140. The van der Waals surface area contributed by atoms with E-state index in [0.29, 0.717) is 28.9 Å². The molecule has 0 bridgehead atoms. The maximum atomic E-state index is 5.37. The molecule has 1 saturated heterocycles. The minimum absolute atomic E-state index is 0. The van der Waals surface area contributed by atoms with Gasteiger partial charge in [0.25, 0.3) is 0 Å². The Kier molecular flexibility index (Phi) is 7.78. The van der Waals surface area contributed by atoms with E-state index in [-0.39, 0.29) is 24.8 Å². The van der Waals surface area contributed by atoms with Crippen LogP contribution in [0.5, 0.6) is 5.75 Å². The van der Waals surface area contributed by atoms with Crippen LogP contribution in [-0.4, -0.2) is 40.1 Å². The Bertz CT molecular complexity index is 873. The molecule has 4 heterocycles. The van der Waals surface area contributed by atoms with Gasteiger partial charge in [0.05, 0.1) is 25.2 Å². The fourth-order valence-electron chi connectivity index (χ4n) is 2.97. The molecular weight excluding hydrogens is 399 g/mol. The topological polar surface area (TPSA) is 76.1 Å². The second-order valence-corrected chi connectivity index (χ2v) is 6.05. The van der Waals surface area contributed by atoms with E-state index >= 15 is 0 Å². The average Bonchev–Trinajstić information content (AvgIpc) is 3.24. The monoisotopic (exact) mass is 420 g/mol. The second-order valence-electron chi connectivity index (χ2n) is 6.05. The Labute approximate surface area is 176 Å². The maximum Gasteiger partial charge on any atom is 0.180 e. The molecule has 148 valence electrons. The number of nitrogens with one attached hydrogen (secondary N) is 1. The number of pyridine rings is 2. The molecule has 0 aromatic carbocycles. The molecule has 0 radical (unpaired) electrons. The molecule has 4 rings (SSSR count). The molecular formula is C19H22Cl2N6O. The Morgan fingerprint density at radius 3 is 2.43 bits per heavy atom. The van der Waals surface area contributed by atoms with Crippen LogP contribution in [0.15, 0.2) is 48.9 Å². The number of hydrogen-bond acceptors (Lipinski definition) is 7. The van der Waals surface area contributed by atoms with Gasteiger partial charge in [0.2, 0.25) is 0 Å².